The molecular weight excluding hydrogens is 388 g/mol. The highest BCUT2D eigenvalue weighted by atomic mass is 32.2. The molecule has 2 heterocycles. The van der Waals surface area contributed by atoms with Gasteiger partial charge in [-0.2, -0.15) is 0 Å². The van der Waals surface area contributed by atoms with Gasteiger partial charge in [0.15, 0.2) is 28.1 Å². The normalized spacial score (nSPS) is 11.0. The Morgan fingerprint density at radius 2 is 1.90 bits per heavy atom. The Morgan fingerprint density at radius 1 is 1.07 bits per heavy atom. The molecule has 4 rings (SSSR count). The van der Waals surface area contributed by atoms with E-state index in [0.717, 1.165) is 11.1 Å². The summed E-state index contributed by atoms with van der Waals surface area (Å²) in [6.45, 7) is 2.46. The van der Waals surface area contributed by atoms with Gasteiger partial charge in [-0.15, -0.1) is 0 Å². The maximum atomic E-state index is 11.8. The van der Waals surface area contributed by atoms with Gasteiger partial charge in [0.1, 0.15) is 0 Å². The number of ether oxygens (including phenoxy) is 2. The van der Waals surface area contributed by atoms with Gasteiger partial charge in [0, 0.05) is 17.4 Å². The molecule has 29 heavy (non-hydrogen) atoms. The molecule has 4 aromatic rings. The van der Waals surface area contributed by atoms with Gasteiger partial charge in [0.25, 0.3) is 5.56 Å². The first-order chi connectivity index (χ1) is 14.1. The van der Waals surface area contributed by atoms with E-state index in [0.29, 0.717) is 40.5 Å². The highest BCUT2D eigenvalue weighted by molar-refractivity contribution is 7.99. The number of hydrogen-bond donors (Lipinski definition) is 1. The van der Waals surface area contributed by atoms with Crippen LogP contribution in [0.25, 0.3) is 17.0 Å². The van der Waals surface area contributed by atoms with Crippen LogP contribution in [0.3, 0.4) is 0 Å². The van der Waals surface area contributed by atoms with E-state index in [1.54, 1.807) is 11.6 Å². The zero-order chi connectivity index (χ0) is 20.2. The molecule has 0 aliphatic heterocycles. The predicted octanol–water partition coefficient (Wildman–Crippen LogP) is 3.57. The third-order valence-corrected chi connectivity index (χ3v) is 5.15. The molecule has 2 aromatic carbocycles. The zero-order valence-corrected chi connectivity index (χ0v) is 16.9. The Morgan fingerprint density at radius 3 is 2.69 bits per heavy atom. The van der Waals surface area contributed by atoms with Crippen molar-refractivity contribution in [3.05, 3.63) is 70.5 Å². The Labute approximate surface area is 171 Å². The largest absolute Gasteiger partial charge is 0.493 e. The van der Waals surface area contributed by atoms with Gasteiger partial charge in [-0.05, 0) is 24.6 Å². The van der Waals surface area contributed by atoms with Gasteiger partial charge in [0.05, 0.1) is 13.7 Å². The fraction of sp³-hybridized carbons (Fsp3) is 0.190. The second-order valence-electron chi connectivity index (χ2n) is 6.36. The van der Waals surface area contributed by atoms with E-state index in [2.05, 4.69) is 15.1 Å². The lowest BCUT2D eigenvalue weighted by Gasteiger charge is -2.11. The van der Waals surface area contributed by atoms with Crippen LogP contribution in [0.5, 0.6) is 11.5 Å². The average molecular weight is 408 g/mol. The summed E-state index contributed by atoms with van der Waals surface area (Å²) in [4.78, 5) is 20.9. The molecule has 2 aromatic heterocycles. The molecule has 0 radical (unpaired) electrons. The predicted molar refractivity (Wildman–Crippen MR) is 113 cm³/mol. The molecule has 0 unspecified atom stereocenters. The number of thioether (sulfide) groups is 1. The monoisotopic (exact) mass is 408 g/mol. The van der Waals surface area contributed by atoms with Crippen molar-refractivity contribution in [2.75, 3.05) is 19.5 Å². The third kappa shape index (κ3) is 4.27. The zero-order valence-electron chi connectivity index (χ0n) is 16.1. The Hall–Kier alpha value is -3.26. The highest BCUT2D eigenvalue weighted by Crippen LogP contribution is 2.28. The van der Waals surface area contributed by atoms with Crippen LogP contribution in [0.15, 0.2) is 64.5 Å². The Bertz CT molecular complexity index is 1190. The maximum absolute atomic E-state index is 11.8. The minimum atomic E-state index is -0.216. The van der Waals surface area contributed by atoms with Crippen LogP contribution in [0, 0.1) is 6.92 Å². The number of fused-ring (bicyclic) bond motifs is 1. The average Bonchev–Trinajstić information content (AvgIpc) is 3.12. The van der Waals surface area contributed by atoms with Crippen molar-refractivity contribution in [1.82, 2.24) is 19.6 Å². The van der Waals surface area contributed by atoms with E-state index in [1.807, 2.05) is 55.5 Å². The van der Waals surface area contributed by atoms with E-state index in [9.17, 15) is 4.79 Å². The van der Waals surface area contributed by atoms with Crippen molar-refractivity contribution in [2.24, 2.45) is 0 Å². The fourth-order valence-corrected chi connectivity index (χ4v) is 3.64. The third-order valence-electron chi connectivity index (χ3n) is 4.25. The second-order valence-corrected chi connectivity index (χ2v) is 7.42. The van der Waals surface area contributed by atoms with Crippen molar-refractivity contribution >= 4 is 17.4 Å². The van der Waals surface area contributed by atoms with Gasteiger partial charge >= 0.3 is 0 Å². The number of benzene rings is 2. The summed E-state index contributed by atoms with van der Waals surface area (Å²) in [7, 11) is 1.63. The summed E-state index contributed by atoms with van der Waals surface area (Å²) in [6, 6.07) is 17.0. The number of rotatable bonds is 7. The maximum Gasteiger partial charge on any atom is 0.266 e. The fourth-order valence-electron chi connectivity index (χ4n) is 2.88. The van der Waals surface area contributed by atoms with Crippen molar-refractivity contribution in [1.29, 1.82) is 0 Å². The summed E-state index contributed by atoms with van der Waals surface area (Å²) in [5.41, 5.74) is 2.32. The van der Waals surface area contributed by atoms with Crippen molar-refractivity contribution in [3.63, 3.8) is 0 Å². The molecule has 0 bridgehead atoms. The van der Waals surface area contributed by atoms with Gasteiger partial charge in [0.2, 0.25) is 0 Å². The number of methoxy groups -OCH3 is 1. The van der Waals surface area contributed by atoms with E-state index in [4.69, 9.17) is 9.47 Å². The second kappa shape index (κ2) is 8.40. The van der Waals surface area contributed by atoms with Crippen molar-refractivity contribution < 1.29 is 9.47 Å². The van der Waals surface area contributed by atoms with Crippen molar-refractivity contribution in [3.8, 4) is 22.9 Å². The first-order valence-electron chi connectivity index (χ1n) is 9.09. The molecule has 0 atom stereocenters. The number of H-pyrrole nitrogens is 1. The molecule has 0 saturated heterocycles. The van der Waals surface area contributed by atoms with E-state index in [-0.39, 0.29) is 5.56 Å². The molecule has 7 nitrogen and oxygen atoms in total. The Kier molecular flexibility index (Phi) is 5.53. The van der Waals surface area contributed by atoms with Gasteiger partial charge in [-0.25, -0.2) is 14.5 Å². The Balaban J connectivity index is 1.52. The number of aromatic amines is 1. The molecule has 0 saturated carbocycles. The topological polar surface area (TPSA) is 81.5 Å². The summed E-state index contributed by atoms with van der Waals surface area (Å²) in [5, 5.41) is 3.39. The quantitative estimate of drug-likeness (QED) is 0.372. The number of aromatic nitrogens is 4. The van der Waals surface area contributed by atoms with E-state index < -0.39 is 0 Å². The summed E-state index contributed by atoms with van der Waals surface area (Å²) in [5.74, 6) is 2.62. The van der Waals surface area contributed by atoms with Crippen LogP contribution in [-0.4, -0.2) is 39.1 Å². The minimum Gasteiger partial charge on any atom is -0.493 e. The molecule has 148 valence electrons. The van der Waals surface area contributed by atoms with E-state index in [1.165, 1.54) is 17.8 Å². The SMILES string of the molecule is COc1cc(C)ccc1OCCSc1nc(-c2ccccc2)nc2cc(=O)[nH]n12. The van der Waals surface area contributed by atoms with Gasteiger partial charge in [-0.3, -0.25) is 9.89 Å². The molecule has 1 N–H and O–H groups in total. The van der Waals surface area contributed by atoms with Crippen LogP contribution in [0.4, 0.5) is 0 Å². The molecular formula is C21H20N4O3S. The van der Waals surface area contributed by atoms with Crippen molar-refractivity contribution in [2.45, 2.75) is 12.1 Å². The van der Waals surface area contributed by atoms with Crippen LogP contribution >= 0.6 is 11.8 Å². The first kappa shape index (κ1) is 19.1. The first-order valence-corrected chi connectivity index (χ1v) is 10.1. The lowest BCUT2D eigenvalue weighted by Crippen LogP contribution is -2.07. The standard InChI is InChI=1S/C21H20N4O3S/c1-14-8-9-16(17(12-14)27-2)28-10-11-29-21-23-20(15-6-4-3-5-7-15)22-18-13-19(26)24-25(18)21/h3-9,12-13H,10-11H2,1-2H3,(H,24,26). The summed E-state index contributed by atoms with van der Waals surface area (Å²) in [6.07, 6.45) is 0. The lowest BCUT2D eigenvalue weighted by atomic mass is 10.2. The molecule has 0 aliphatic rings. The summed E-state index contributed by atoms with van der Waals surface area (Å²) < 4.78 is 12.8. The highest BCUT2D eigenvalue weighted by Gasteiger charge is 2.12. The summed E-state index contributed by atoms with van der Waals surface area (Å²) >= 11 is 1.48. The lowest BCUT2D eigenvalue weighted by molar-refractivity contribution is 0.313. The van der Waals surface area contributed by atoms with Crippen LogP contribution in [0.2, 0.25) is 0 Å². The number of hydrogen-bond acceptors (Lipinski definition) is 6. The van der Waals surface area contributed by atoms with E-state index >= 15 is 0 Å². The number of nitrogens with one attached hydrogen (secondary N) is 1. The van der Waals surface area contributed by atoms with Crippen LogP contribution in [0.1, 0.15) is 5.56 Å². The van der Waals surface area contributed by atoms with Crippen LogP contribution < -0.4 is 15.0 Å². The van der Waals surface area contributed by atoms with Gasteiger partial charge < -0.3 is 9.47 Å². The molecule has 0 aliphatic carbocycles. The molecule has 8 heteroatoms. The molecule has 0 fully saturated rings. The number of aryl methyl sites for hydroxylation is 1. The number of nitrogens with zero attached hydrogens (tertiary/aromatic N) is 3. The minimum absolute atomic E-state index is 0.216. The molecule has 0 spiro atoms. The smallest absolute Gasteiger partial charge is 0.266 e. The van der Waals surface area contributed by atoms with Crippen LogP contribution in [-0.2, 0) is 0 Å². The molecule has 0 amide bonds. The van der Waals surface area contributed by atoms with Gasteiger partial charge in [-0.1, -0.05) is 48.2 Å².